The summed E-state index contributed by atoms with van der Waals surface area (Å²) in [5.41, 5.74) is 8.16. The molecule has 1 aliphatic carbocycles. The van der Waals surface area contributed by atoms with E-state index in [1.165, 1.54) is 12.8 Å². The highest BCUT2D eigenvalue weighted by Gasteiger charge is 2.22. The third-order valence-corrected chi connectivity index (χ3v) is 6.28. The molecule has 0 radical (unpaired) electrons. The number of carbonyl (C=O) groups is 2. The van der Waals surface area contributed by atoms with Gasteiger partial charge in [-0.1, -0.05) is 18.2 Å². The van der Waals surface area contributed by atoms with Crippen LogP contribution in [-0.4, -0.2) is 41.9 Å². The fourth-order valence-electron chi connectivity index (χ4n) is 4.46. The lowest BCUT2D eigenvalue weighted by Crippen LogP contribution is -2.32. The molecule has 0 saturated heterocycles. The van der Waals surface area contributed by atoms with Crippen LogP contribution in [0.2, 0.25) is 0 Å². The second-order valence-corrected chi connectivity index (χ2v) is 8.52. The summed E-state index contributed by atoms with van der Waals surface area (Å²) < 4.78 is 0. The molecule has 2 heterocycles. The Kier molecular flexibility index (Phi) is 6.75. The number of amides is 2. The van der Waals surface area contributed by atoms with E-state index in [2.05, 4.69) is 15.6 Å². The van der Waals surface area contributed by atoms with Gasteiger partial charge in [-0.3, -0.25) is 14.6 Å². The Hall–Kier alpha value is -3.32. The molecular formula is C25H29N5O2. The number of pyridine rings is 2. The van der Waals surface area contributed by atoms with Gasteiger partial charge in [-0.2, -0.15) is 0 Å². The number of nitrogens with one attached hydrogen (secondary N) is 2. The van der Waals surface area contributed by atoms with Crippen molar-refractivity contribution in [2.75, 3.05) is 20.1 Å². The summed E-state index contributed by atoms with van der Waals surface area (Å²) in [6.07, 6.45) is 6.26. The van der Waals surface area contributed by atoms with Gasteiger partial charge in [0, 0.05) is 23.7 Å². The molecule has 0 aliphatic heterocycles. The van der Waals surface area contributed by atoms with Crippen LogP contribution in [0.1, 0.15) is 46.5 Å². The van der Waals surface area contributed by atoms with Gasteiger partial charge in [0.15, 0.2) is 0 Å². The fraction of sp³-hybridized carbons (Fsp3) is 0.360. The number of para-hydroxylation sites is 1. The lowest BCUT2D eigenvalue weighted by Gasteiger charge is -2.28. The van der Waals surface area contributed by atoms with E-state index < -0.39 is 5.91 Å². The highest BCUT2D eigenvalue weighted by molar-refractivity contribution is 6.07. The van der Waals surface area contributed by atoms with E-state index in [1.807, 2.05) is 31.3 Å². The average molecular weight is 432 g/mol. The first kappa shape index (κ1) is 21.9. The predicted molar refractivity (Wildman–Crippen MR) is 125 cm³/mol. The number of benzene rings is 1. The molecule has 4 rings (SSSR count). The lowest BCUT2D eigenvalue weighted by atomic mass is 9.82. The number of fused-ring (bicyclic) bond motifs is 1. The van der Waals surface area contributed by atoms with Crippen LogP contribution in [0.4, 0.5) is 0 Å². The zero-order chi connectivity index (χ0) is 22.5. The van der Waals surface area contributed by atoms with Crippen LogP contribution in [-0.2, 0) is 0 Å². The normalized spacial score (nSPS) is 18.4. The van der Waals surface area contributed by atoms with Crippen LogP contribution in [0.3, 0.4) is 0 Å². The first-order valence-corrected chi connectivity index (χ1v) is 11.1. The molecule has 7 nitrogen and oxygen atoms in total. The van der Waals surface area contributed by atoms with Crippen molar-refractivity contribution in [2.45, 2.75) is 25.7 Å². The van der Waals surface area contributed by atoms with E-state index in [1.54, 1.807) is 24.4 Å². The number of nitrogens with two attached hydrogens (primary N) is 1. The monoisotopic (exact) mass is 431 g/mol. The van der Waals surface area contributed by atoms with Gasteiger partial charge in [-0.15, -0.1) is 0 Å². The molecule has 2 amide bonds. The topological polar surface area (TPSA) is 110 Å². The number of rotatable bonds is 7. The first-order chi connectivity index (χ1) is 15.5. The molecule has 0 unspecified atom stereocenters. The maximum atomic E-state index is 13.2. The highest BCUT2D eigenvalue weighted by Crippen LogP contribution is 2.28. The third kappa shape index (κ3) is 4.94. The largest absolute Gasteiger partial charge is 0.364 e. The Balaban J connectivity index is 1.53. The number of hydrogen-bond donors (Lipinski definition) is 3. The minimum absolute atomic E-state index is 0.0936. The van der Waals surface area contributed by atoms with Gasteiger partial charge in [0.05, 0.1) is 16.8 Å². The molecule has 0 bridgehead atoms. The average Bonchev–Trinajstić information content (AvgIpc) is 2.83. The van der Waals surface area contributed by atoms with Gasteiger partial charge in [0.2, 0.25) is 0 Å². The van der Waals surface area contributed by atoms with E-state index in [0.29, 0.717) is 23.7 Å². The Bertz CT molecular complexity index is 1110. The Morgan fingerprint density at radius 1 is 1.03 bits per heavy atom. The Labute approximate surface area is 187 Å². The Morgan fingerprint density at radius 3 is 2.41 bits per heavy atom. The van der Waals surface area contributed by atoms with E-state index in [-0.39, 0.29) is 11.6 Å². The summed E-state index contributed by atoms with van der Waals surface area (Å²) >= 11 is 0. The van der Waals surface area contributed by atoms with Crippen LogP contribution in [0.25, 0.3) is 22.2 Å². The molecule has 1 fully saturated rings. The summed E-state index contributed by atoms with van der Waals surface area (Å²) in [6, 6.07) is 12.7. The number of hydrogen-bond acceptors (Lipinski definition) is 5. The van der Waals surface area contributed by atoms with Crippen LogP contribution >= 0.6 is 0 Å². The smallest absolute Gasteiger partial charge is 0.267 e. The summed E-state index contributed by atoms with van der Waals surface area (Å²) in [6.45, 7) is 1.76. The van der Waals surface area contributed by atoms with Crippen molar-refractivity contribution in [1.29, 1.82) is 0 Å². The SMILES string of the molecule is CNC[C@H]1CC[C@H](CNC(=O)c2cc(-c3ccc(C(N)=O)nc3)nc3ccccc23)CC1. The molecule has 3 aromatic rings. The van der Waals surface area contributed by atoms with E-state index in [9.17, 15) is 9.59 Å². The molecule has 7 heteroatoms. The molecule has 4 N–H and O–H groups in total. The van der Waals surface area contributed by atoms with Crippen LogP contribution < -0.4 is 16.4 Å². The summed E-state index contributed by atoms with van der Waals surface area (Å²) in [5.74, 6) is 0.588. The quantitative estimate of drug-likeness (QED) is 0.532. The van der Waals surface area contributed by atoms with Crippen molar-refractivity contribution in [3.05, 3.63) is 59.9 Å². The van der Waals surface area contributed by atoms with Gasteiger partial charge in [0.25, 0.3) is 11.8 Å². The Morgan fingerprint density at radius 2 is 1.75 bits per heavy atom. The lowest BCUT2D eigenvalue weighted by molar-refractivity contribution is 0.0941. The van der Waals surface area contributed by atoms with Crippen molar-refractivity contribution in [3.8, 4) is 11.3 Å². The van der Waals surface area contributed by atoms with Gasteiger partial charge in [-0.25, -0.2) is 4.98 Å². The third-order valence-electron chi connectivity index (χ3n) is 6.28. The van der Waals surface area contributed by atoms with Gasteiger partial charge in [-0.05, 0) is 75.4 Å². The standard InChI is InChI=1S/C25H29N5O2/c1-27-13-16-6-8-17(9-7-16)14-29-25(32)20-12-23(30-21-5-3-2-4-19(20)21)18-10-11-22(24(26)31)28-15-18/h2-5,10-12,15-17,27H,6-9,13-14H2,1H3,(H2,26,31)(H,29,32)/t16-,17-. The van der Waals surface area contributed by atoms with Crippen LogP contribution in [0.5, 0.6) is 0 Å². The second kappa shape index (κ2) is 9.87. The molecule has 1 saturated carbocycles. The van der Waals surface area contributed by atoms with Gasteiger partial charge in [0.1, 0.15) is 5.69 Å². The van der Waals surface area contributed by atoms with Crippen molar-refractivity contribution < 1.29 is 9.59 Å². The molecule has 166 valence electrons. The minimum Gasteiger partial charge on any atom is -0.364 e. The van der Waals surface area contributed by atoms with Gasteiger partial charge < -0.3 is 16.4 Å². The second-order valence-electron chi connectivity index (χ2n) is 8.52. The molecule has 2 aromatic heterocycles. The number of nitrogens with zero attached hydrogens (tertiary/aromatic N) is 2. The van der Waals surface area contributed by atoms with Crippen LogP contribution in [0, 0.1) is 11.8 Å². The van der Waals surface area contributed by atoms with E-state index >= 15 is 0 Å². The van der Waals surface area contributed by atoms with Crippen LogP contribution in [0.15, 0.2) is 48.7 Å². The zero-order valence-corrected chi connectivity index (χ0v) is 18.3. The molecular weight excluding hydrogens is 402 g/mol. The number of aromatic nitrogens is 2. The van der Waals surface area contributed by atoms with E-state index in [4.69, 9.17) is 10.7 Å². The zero-order valence-electron chi connectivity index (χ0n) is 18.3. The fourth-order valence-corrected chi connectivity index (χ4v) is 4.46. The molecule has 1 aromatic carbocycles. The van der Waals surface area contributed by atoms with E-state index in [0.717, 1.165) is 41.8 Å². The maximum Gasteiger partial charge on any atom is 0.267 e. The summed E-state index contributed by atoms with van der Waals surface area (Å²) in [7, 11) is 2.00. The summed E-state index contributed by atoms with van der Waals surface area (Å²) in [4.78, 5) is 33.3. The number of carbonyl (C=O) groups excluding carboxylic acids is 2. The maximum absolute atomic E-state index is 13.2. The number of primary amides is 1. The predicted octanol–water partition coefficient (Wildman–Crippen LogP) is 3.15. The molecule has 0 atom stereocenters. The summed E-state index contributed by atoms with van der Waals surface area (Å²) in [5, 5.41) is 7.23. The van der Waals surface area contributed by atoms with Crippen molar-refractivity contribution in [1.82, 2.24) is 20.6 Å². The van der Waals surface area contributed by atoms with Crippen molar-refractivity contribution >= 4 is 22.7 Å². The van der Waals surface area contributed by atoms with Crippen molar-refractivity contribution in [3.63, 3.8) is 0 Å². The molecule has 32 heavy (non-hydrogen) atoms. The van der Waals surface area contributed by atoms with Crippen molar-refractivity contribution in [2.24, 2.45) is 17.6 Å². The highest BCUT2D eigenvalue weighted by atomic mass is 16.2. The van der Waals surface area contributed by atoms with Gasteiger partial charge >= 0.3 is 0 Å². The first-order valence-electron chi connectivity index (χ1n) is 11.1. The minimum atomic E-state index is -0.580. The molecule has 1 aliphatic rings. The molecule has 0 spiro atoms.